The molecule has 1 atom stereocenters. The molecule has 0 bridgehead atoms. The van der Waals surface area contributed by atoms with E-state index in [0.717, 1.165) is 13.0 Å². The highest BCUT2D eigenvalue weighted by Crippen LogP contribution is 2.18. The number of rotatable bonds is 6. The maximum Gasteiger partial charge on any atom is 0.212 e. The summed E-state index contributed by atoms with van der Waals surface area (Å²) in [6, 6.07) is 14.8. The van der Waals surface area contributed by atoms with Crippen LogP contribution in [0.3, 0.4) is 0 Å². The maximum absolute atomic E-state index is 5.08. The zero-order valence-electron chi connectivity index (χ0n) is 11.5. The molecule has 0 aliphatic rings. The normalized spacial score (nSPS) is 12.1. The summed E-state index contributed by atoms with van der Waals surface area (Å²) in [6.07, 6.45) is 2.81. The molecule has 0 fully saturated rings. The van der Waals surface area contributed by atoms with Crippen LogP contribution in [0, 0.1) is 0 Å². The lowest BCUT2D eigenvalue weighted by Gasteiger charge is -2.18. The second-order valence-electron chi connectivity index (χ2n) is 4.43. The highest BCUT2D eigenvalue weighted by molar-refractivity contribution is 5.24. The molecule has 3 nitrogen and oxygen atoms in total. The van der Waals surface area contributed by atoms with Gasteiger partial charge in [0.2, 0.25) is 5.88 Å². The Morgan fingerprint density at radius 3 is 2.53 bits per heavy atom. The molecule has 1 aromatic heterocycles. The van der Waals surface area contributed by atoms with Gasteiger partial charge < -0.3 is 10.1 Å². The Morgan fingerprint density at radius 2 is 1.95 bits per heavy atom. The van der Waals surface area contributed by atoms with Gasteiger partial charge in [0, 0.05) is 18.3 Å². The lowest BCUT2D eigenvalue weighted by molar-refractivity contribution is 0.397. The van der Waals surface area contributed by atoms with Crippen molar-refractivity contribution in [3.05, 3.63) is 59.8 Å². The van der Waals surface area contributed by atoms with E-state index >= 15 is 0 Å². The molecule has 1 unspecified atom stereocenters. The van der Waals surface area contributed by atoms with Crippen LogP contribution in [0.1, 0.15) is 24.1 Å². The molecule has 0 radical (unpaired) electrons. The largest absolute Gasteiger partial charge is 0.481 e. The van der Waals surface area contributed by atoms with Crippen molar-refractivity contribution in [3.8, 4) is 5.88 Å². The van der Waals surface area contributed by atoms with Crippen molar-refractivity contribution < 1.29 is 4.74 Å². The number of benzene rings is 1. The summed E-state index contributed by atoms with van der Waals surface area (Å²) in [5.41, 5.74) is 2.51. The molecule has 2 rings (SSSR count). The second-order valence-corrected chi connectivity index (χ2v) is 4.43. The number of nitrogens with one attached hydrogen (secondary N) is 1. The molecule has 0 aliphatic carbocycles. The molecule has 1 heterocycles. The van der Waals surface area contributed by atoms with Gasteiger partial charge in [0.25, 0.3) is 0 Å². The van der Waals surface area contributed by atoms with E-state index in [1.54, 1.807) is 7.11 Å². The fourth-order valence-corrected chi connectivity index (χ4v) is 2.13. The number of pyridine rings is 1. The smallest absolute Gasteiger partial charge is 0.212 e. The molecule has 0 saturated carbocycles. The minimum atomic E-state index is 0.321. The van der Waals surface area contributed by atoms with Gasteiger partial charge in [-0.3, -0.25) is 0 Å². The number of hydrogen-bond acceptors (Lipinski definition) is 3. The first-order chi connectivity index (χ1) is 9.33. The van der Waals surface area contributed by atoms with Gasteiger partial charge in [0.15, 0.2) is 0 Å². The highest BCUT2D eigenvalue weighted by atomic mass is 16.5. The summed E-state index contributed by atoms with van der Waals surface area (Å²) in [5, 5.41) is 3.52. The second kappa shape index (κ2) is 6.90. The van der Waals surface area contributed by atoms with Gasteiger partial charge in [-0.15, -0.1) is 0 Å². The van der Waals surface area contributed by atoms with E-state index in [2.05, 4.69) is 47.6 Å². The van der Waals surface area contributed by atoms with Crippen LogP contribution in [0.5, 0.6) is 5.88 Å². The van der Waals surface area contributed by atoms with Gasteiger partial charge in [-0.2, -0.15) is 0 Å². The minimum absolute atomic E-state index is 0.321. The number of nitrogens with zero attached hydrogens (tertiary/aromatic N) is 1. The van der Waals surface area contributed by atoms with E-state index in [1.807, 2.05) is 18.3 Å². The third-order valence-electron chi connectivity index (χ3n) is 3.10. The van der Waals surface area contributed by atoms with Crippen LogP contribution in [0.4, 0.5) is 0 Å². The van der Waals surface area contributed by atoms with E-state index in [-0.39, 0.29) is 0 Å². The Balaban J connectivity index is 2.11. The lowest BCUT2D eigenvalue weighted by Crippen LogP contribution is -2.22. The van der Waals surface area contributed by atoms with Crippen LogP contribution >= 0.6 is 0 Å². The first-order valence-corrected chi connectivity index (χ1v) is 6.60. The van der Waals surface area contributed by atoms with E-state index in [4.69, 9.17) is 4.74 Å². The molecule has 2 aromatic rings. The Kier molecular flexibility index (Phi) is 4.93. The van der Waals surface area contributed by atoms with E-state index in [0.29, 0.717) is 11.9 Å². The Labute approximate surface area is 114 Å². The fraction of sp³-hybridized carbons (Fsp3) is 0.312. The predicted octanol–water partition coefficient (Wildman–Crippen LogP) is 2.98. The number of likely N-dealkylation sites (N-methyl/N-ethyl adjacent to an activating group) is 1. The third kappa shape index (κ3) is 3.80. The Hall–Kier alpha value is -1.87. The van der Waals surface area contributed by atoms with Crippen molar-refractivity contribution in [2.45, 2.75) is 19.4 Å². The van der Waals surface area contributed by atoms with Gasteiger partial charge in [-0.25, -0.2) is 4.98 Å². The van der Waals surface area contributed by atoms with Crippen molar-refractivity contribution in [1.29, 1.82) is 0 Å². The van der Waals surface area contributed by atoms with Crippen molar-refractivity contribution in [2.24, 2.45) is 0 Å². The zero-order chi connectivity index (χ0) is 13.5. The van der Waals surface area contributed by atoms with Gasteiger partial charge in [-0.1, -0.05) is 43.3 Å². The summed E-state index contributed by atoms with van der Waals surface area (Å²) in [5.74, 6) is 0.656. The standard InChI is InChI=1S/C16H20N2O/c1-3-17-15(14-7-5-4-6-8-14)11-13-9-10-16(19-2)18-12-13/h4-10,12,15,17H,3,11H2,1-2H3. The molecular weight excluding hydrogens is 236 g/mol. The summed E-state index contributed by atoms with van der Waals surface area (Å²) in [6.45, 7) is 3.07. The van der Waals surface area contributed by atoms with Crippen molar-refractivity contribution in [3.63, 3.8) is 0 Å². The molecular formula is C16H20N2O. The molecule has 1 aromatic carbocycles. The Morgan fingerprint density at radius 1 is 1.16 bits per heavy atom. The van der Waals surface area contributed by atoms with Crippen LogP contribution in [-0.4, -0.2) is 18.6 Å². The number of aromatic nitrogens is 1. The van der Waals surface area contributed by atoms with E-state index in [9.17, 15) is 0 Å². The third-order valence-corrected chi connectivity index (χ3v) is 3.10. The van der Waals surface area contributed by atoms with Gasteiger partial charge in [-0.05, 0) is 24.1 Å². The van der Waals surface area contributed by atoms with Gasteiger partial charge in [0.1, 0.15) is 0 Å². The topological polar surface area (TPSA) is 34.1 Å². The van der Waals surface area contributed by atoms with Crippen molar-refractivity contribution in [1.82, 2.24) is 10.3 Å². The fourth-order valence-electron chi connectivity index (χ4n) is 2.13. The van der Waals surface area contributed by atoms with Crippen LogP contribution in [0.25, 0.3) is 0 Å². The van der Waals surface area contributed by atoms with Crippen LogP contribution < -0.4 is 10.1 Å². The molecule has 0 saturated heterocycles. The minimum Gasteiger partial charge on any atom is -0.481 e. The average molecular weight is 256 g/mol. The zero-order valence-corrected chi connectivity index (χ0v) is 11.5. The van der Waals surface area contributed by atoms with E-state index in [1.165, 1.54) is 11.1 Å². The molecule has 0 spiro atoms. The first-order valence-electron chi connectivity index (χ1n) is 6.60. The maximum atomic E-state index is 5.08. The average Bonchev–Trinajstić information content (AvgIpc) is 2.48. The number of hydrogen-bond donors (Lipinski definition) is 1. The quantitative estimate of drug-likeness (QED) is 0.862. The molecule has 100 valence electrons. The van der Waals surface area contributed by atoms with Crippen LogP contribution in [-0.2, 0) is 6.42 Å². The summed E-state index contributed by atoms with van der Waals surface area (Å²) in [4.78, 5) is 4.25. The molecule has 1 N–H and O–H groups in total. The molecule has 3 heteroatoms. The van der Waals surface area contributed by atoms with Crippen molar-refractivity contribution >= 4 is 0 Å². The SMILES string of the molecule is CCNC(Cc1ccc(OC)nc1)c1ccccc1. The number of methoxy groups -OCH3 is 1. The predicted molar refractivity (Wildman–Crippen MR) is 77.4 cm³/mol. The number of ether oxygens (including phenoxy) is 1. The summed E-state index contributed by atoms with van der Waals surface area (Å²) in [7, 11) is 1.63. The first kappa shape index (κ1) is 13.6. The molecule has 19 heavy (non-hydrogen) atoms. The van der Waals surface area contributed by atoms with Gasteiger partial charge in [0.05, 0.1) is 7.11 Å². The molecule has 0 amide bonds. The molecule has 0 aliphatic heterocycles. The monoisotopic (exact) mass is 256 g/mol. The lowest BCUT2D eigenvalue weighted by atomic mass is 10.00. The highest BCUT2D eigenvalue weighted by Gasteiger charge is 2.10. The van der Waals surface area contributed by atoms with E-state index < -0.39 is 0 Å². The Bertz CT molecular complexity index is 482. The summed E-state index contributed by atoms with van der Waals surface area (Å²) < 4.78 is 5.08. The summed E-state index contributed by atoms with van der Waals surface area (Å²) >= 11 is 0. The van der Waals surface area contributed by atoms with Crippen LogP contribution in [0.15, 0.2) is 48.7 Å². The van der Waals surface area contributed by atoms with Gasteiger partial charge >= 0.3 is 0 Å². The van der Waals surface area contributed by atoms with Crippen LogP contribution in [0.2, 0.25) is 0 Å². The van der Waals surface area contributed by atoms with Crippen molar-refractivity contribution in [2.75, 3.05) is 13.7 Å².